The van der Waals surface area contributed by atoms with E-state index in [9.17, 15) is 10.1 Å². The highest BCUT2D eigenvalue weighted by Crippen LogP contribution is 2.43. The zero-order chi connectivity index (χ0) is 26.4. The average Bonchev–Trinajstić information content (AvgIpc) is 3.19. The zero-order valence-corrected chi connectivity index (χ0v) is 21.5. The first kappa shape index (κ1) is 24.2. The highest BCUT2D eigenvalue weighted by molar-refractivity contribution is 5.98. The molecule has 1 aliphatic heterocycles. The van der Waals surface area contributed by atoms with Crippen LogP contribution in [-0.4, -0.2) is 5.97 Å². The van der Waals surface area contributed by atoms with Crippen LogP contribution in [0.25, 0.3) is 11.0 Å². The molecule has 6 nitrogen and oxygen atoms in total. The Morgan fingerprint density at radius 2 is 1.78 bits per heavy atom. The summed E-state index contributed by atoms with van der Waals surface area (Å²) in [5.74, 6) is 0.345. The van der Waals surface area contributed by atoms with Crippen molar-refractivity contribution >= 4 is 16.9 Å². The fourth-order valence-electron chi connectivity index (χ4n) is 5.05. The SMILES string of the molecule is Cc1cc(C)c2c(C)c(C(=O)Oc3ccc4c(c3)OC(N)=C(C#N)C4c3ccc(C(C)C)cc3)oc2c1. The van der Waals surface area contributed by atoms with Gasteiger partial charge in [0.15, 0.2) is 0 Å². The number of fused-ring (bicyclic) bond motifs is 2. The van der Waals surface area contributed by atoms with Crippen LogP contribution in [0.3, 0.4) is 0 Å². The molecule has 0 saturated heterocycles. The smallest absolute Gasteiger partial charge is 0.379 e. The predicted molar refractivity (Wildman–Crippen MR) is 142 cm³/mol. The fraction of sp³-hybridized carbons (Fsp3) is 0.226. The van der Waals surface area contributed by atoms with E-state index >= 15 is 0 Å². The van der Waals surface area contributed by atoms with Gasteiger partial charge >= 0.3 is 5.97 Å². The van der Waals surface area contributed by atoms with Crippen LogP contribution in [0.15, 0.2) is 70.5 Å². The van der Waals surface area contributed by atoms with Gasteiger partial charge in [0.05, 0.1) is 5.92 Å². The molecule has 6 heteroatoms. The van der Waals surface area contributed by atoms with Gasteiger partial charge < -0.3 is 19.6 Å². The normalized spacial score (nSPS) is 14.9. The summed E-state index contributed by atoms with van der Waals surface area (Å²) in [7, 11) is 0. The summed E-state index contributed by atoms with van der Waals surface area (Å²) in [5.41, 5.74) is 12.9. The lowest BCUT2D eigenvalue weighted by atomic mass is 9.83. The van der Waals surface area contributed by atoms with Crippen molar-refractivity contribution in [3.63, 3.8) is 0 Å². The van der Waals surface area contributed by atoms with Crippen LogP contribution < -0.4 is 15.2 Å². The van der Waals surface area contributed by atoms with Crippen molar-refractivity contribution in [3.8, 4) is 17.6 Å². The minimum absolute atomic E-state index is 0.0374. The Kier molecular flexibility index (Phi) is 6.01. The largest absolute Gasteiger partial charge is 0.449 e. The van der Waals surface area contributed by atoms with Gasteiger partial charge in [-0.1, -0.05) is 50.2 Å². The molecule has 0 aliphatic carbocycles. The molecule has 0 fully saturated rings. The van der Waals surface area contributed by atoms with Crippen LogP contribution in [0.2, 0.25) is 0 Å². The van der Waals surface area contributed by atoms with E-state index in [-0.39, 0.29) is 17.6 Å². The minimum atomic E-state index is -0.594. The van der Waals surface area contributed by atoms with Crippen LogP contribution >= 0.6 is 0 Å². The Morgan fingerprint density at radius 1 is 1.05 bits per heavy atom. The van der Waals surface area contributed by atoms with E-state index in [1.54, 1.807) is 12.1 Å². The standard InChI is InChI=1S/C31H28N2O4/c1-16(2)20-6-8-21(9-7-20)28-23-11-10-22(14-25(23)37-30(33)24(28)15-32)35-31(34)29-19(5)27-18(4)12-17(3)13-26(27)36-29/h6-14,16,28H,33H2,1-5H3. The maximum Gasteiger partial charge on any atom is 0.379 e. The molecule has 3 aromatic carbocycles. The maximum atomic E-state index is 13.1. The van der Waals surface area contributed by atoms with Gasteiger partial charge in [-0.15, -0.1) is 0 Å². The van der Waals surface area contributed by atoms with Crippen molar-refractivity contribution in [1.29, 1.82) is 5.26 Å². The van der Waals surface area contributed by atoms with Crippen LogP contribution in [0.5, 0.6) is 11.5 Å². The summed E-state index contributed by atoms with van der Waals surface area (Å²) >= 11 is 0. The number of hydrogen-bond donors (Lipinski definition) is 1. The van der Waals surface area contributed by atoms with Gasteiger partial charge in [-0.2, -0.15) is 5.26 Å². The molecule has 0 amide bonds. The topological polar surface area (TPSA) is 98.5 Å². The van der Waals surface area contributed by atoms with E-state index in [0.29, 0.717) is 28.6 Å². The Balaban J connectivity index is 1.48. The third-order valence-corrected chi connectivity index (χ3v) is 6.89. The quantitative estimate of drug-likeness (QED) is 0.245. The Bertz CT molecular complexity index is 1620. The van der Waals surface area contributed by atoms with Crippen molar-refractivity contribution in [2.24, 2.45) is 5.73 Å². The number of allylic oxidation sites excluding steroid dienone is 1. The van der Waals surface area contributed by atoms with Gasteiger partial charge in [-0.05, 0) is 61.1 Å². The molecule has 37 heavy (non-hydrogen) atoms. The molecule has 1 unspecified atom stereocenters. The predicted octanol–water partition coefficient (Wildman–Crippen LogP) is 6.92. The number of benzene rings is 3. The molecule has 0 spiro atoms. The molecule has 2 heterocycles. The third kappa shape index (κ3) is 4.23. The lowest BCUT2D eigenvalue weighted by Crippen LogP contribution is -2.21. The van der Waals surface area contributed by atoms with Crippen molar-refractivity contribution in [1.82, 2.24) is 0 Å². The van der Waals surface area contributed by atoms with Gasteiger partial charge in [-0.3, -0.25) is 0 Å². The monoisotopic (exact) mass is 492 g/mol. The molecule has 186 valence electrons. The molecule has 1 aromatic heterocycles. The third-order valence-electron chi connectivity index (χ3n) is 6.89. The van der Waals surface area contributed by atoms with E-state index < -0.39 is 5.97 Å². The second-order valence-electron chi connectivity index (χ2n) is 9.85. The number of nitrogens with zero attached hydrogens (tertiary/aromatic N) is 1. The van der Waals surface area contributed by atoms with Crippen LogP contribution in [0.1, 0.15) is 69.6 Å². The Labute approximate surface area is 215 Å². The van der Waals surface area contributed by atoms with Crippen molar-refractivity contribution in [2.75, 3.05) is 0 Å². The maximum absolute atomic E-state index is 13.1. The van der Waals surface area contributed by atoms with Crippen molar-refractivity contribution in [2.45, 2.75) is 46.5 Å². The Hall–Kier alpha value is -4.50. The van der Waals surface area contributed by atoms with E-state index in [1.807, 2.05) is 45.0 Å². The first-order chi connectivity index (χ1) is 17.7. The van der Waals surface area contributed by atoms with E-state index in [2.05, 4.69) is 38.1 Å². The number of carbonyl (C=O) groups excluding carboxylic acids is 1. The summed E-state index contributed by atoms with van der Waals surface area (Å²) in [4.78, 5) is 13.1. The molecule has 4 aromatic rings. The summed E-state index contributed by atoms with van der Waals surface area (Å²) < 4.78 is 17.4. The molecule has 0 bridgehead atoms. The molecule has 0 radical (unpaired) electrons. The minimum Gasteiger partial charge on any atom is -0.449 e. The molecular formula is C31H28N2O4. The summed E-state index contributed by atoms with van der Waals surface area (Å²) in [6.07, 6.45) is 0. The zero-order valence-electron chi connectivity index (χ0n) is 21.5. The van der Waals surface area contributed by atoms with Crippen LogP contribution in [0.4, 0.5) is 0 Å². The lowest BCUT2D eigenvalue weighted by molar-refractivity contribution is 0.0702. The number of esters is 1. The number of aryl methyl sites for hydroxylation is 3. The van der Waals surface area contributed by atoms with Gasteiger partial charge in [-0.25, -0.2) is 4.79 Å². The average molecular weight is 493 g/mol. The number of nitrogens with two attached hydrogens (primary N) is 1. The van der Waals surface area contributed by atoms with E-state index in [4.69, 9.17) is 19.6 Å². The first-order valence-corrected chi connectivity index (χ1v) is 12.2. The second kappa shape index (κ2) is 9.18. The molecule has 5 rings (SSSR count). The number of furan rings is 1. The number of ether oxygens (including phenoxy) is 2. The second-order valence-corrected chi connectivity index (χ2v) is 9.85. The van der Waals surface area contributed by atoms with Crippen molar-refractivity contribution < 1.29 is 18.7 Å². The number of rotatable bonds is 4. The molecule has 2 N–H and O–H groups in total. The Morgan fingerprint density at radius 3 is 2.46 bits per heavy atom. The van der Waals surface area contributed by atoms with Gasteiger partial charge in [0.2, 0.25) is 11.6 Å². The van der Waals surface area contributed by atoms with Gasteiger partial charge in [0.25, 0.3) is 0 Å². The highest BCUT2D eigenvalue weighted by Gasteiger charge is 2.31. The number of nitriles is 1. The first-order valence-electron chi connectivity index (χ1n) is 12.2. The fourth-order valence-corrected chi connectivity index (χ4v) is 5.05. The van der Waals surface area contributed by atoms with Gasteiger partial charge in [0.1, 0.15) is 28.7 Å². The number of carbonyl (C=O) groups is 1. The molecule has 1 aliphatic rings. The van der Waals surface area contributed by atoms with Crippen LogP contribution in [-0.2, 0) is 0 Å². The summed E-state index contributed by atoms with van der Waals surface area (Å²) in [6, 6.07) is 19.5. The molecule has 0 saturated carbocycles. The van der Waals surface area contributed by atoms with E-state index in [0.717, 1.165) is 33.2 Å². The lowest BCUT2D eigenvalue weighted by Gasteiger charge is -2.27. The molecule has 1 atom stereocenters. The van der Waals surface area contributed by atoms with Crippen molar-refractivity contribution in [3.05, 3.63) is 105 Å². The summed E-state index contributed by atoms with van der Waals surface area (Å²) in [6.45, 7) is 10.1. The van der Waals surface area contributed by atoms with Gasteiger partial charge in [0, 0.05) is 22.6 Å². The molecular weight excluding hydrogens is 464 g/mol. The number of hydrogen-bond acceptors (Lipinski definition) is 6. The summed E-state index contributed by atoms with van der Waals surface area (Å²) in [5, 5.41) is 10.8. The van der Waals surface area contributed by atoms with Crippen LogP contribution in [0, 0.1) is 32.1 Å². The highest BCUT2D eigenvalue weighted by atomic mass is 16.5. The van der Waals surface area contributed by atoms with E-state index in [1.165, 1.54) is 5.56 Å².